The molecule has 0 spiro atoms. The zero-order chi connectivity index (χ0) is 18.7. The van der Waals surface area contributed by atoms with Crippen molar-refractivity contribution in [2.75, 3.05) is 36.4 Å². The molecule has 1 aromatic carbocycles. The highest BCUT2D eigenvalue weighted by Crippen LogP contribution is 2.24. The van der Waals surface area contributed by atoms with Gasteiger partial charge in [0.05, 0.1) is 11.1 Å². The number of aryl methyl sites for hydroxylation is 1. The molecule has 2 heterocycles. The van der Waals surface area contributed by atoms with E-state index in [1.165, 1.54) is 23.0 Å². The number of carbonyl (C=O) groups excluding carboxylic acids is 1. The van der Waals surface area contributed by atoms with Gasteiger partial charge >= 0.3 is 0 Å². The second-order valence-corrected chi connectivity index (χ2v) is 7.21. The molecule has 26 heavy (non-hydrogen) atoms. The number of nitrogens with zero attached hydrogens (tertiary/aromatic N) is 3. The topological polar surface area (TPSA) is 48.5 Å². The van der Waals surface area contributed by atoms with Gasteiger partial charge in [-0.1, -0.05) is 23.7 Å². The molecule has 138 valence electrons. The zero-order valence-electron chi connectivity index (χ0n) is 15.5. The van der Waals surface area contributed by atoms with Crippen molar-refractivity contribution in [1.29, 1.82) is 0 Å². The van der Waals surface area contributed by atoms with E-state index in [2.05, 4.69) is 52.1 Å². The molecule has 1 unspecified atom stereocenters. The predicted octanol–water partition coefficient (Wildman–Crippen LogP) is 3.50. The Balaban J connectivity index is 1.57. The van der Waals surface area contributed by atoms with Gasteiger partial charge in [-0.2, -0.15) is 0 Å². The van der Waals surface area contributed by atoms with Crippen molar-refractivity contribution in [3.05, 3.63) is 52.7 Å². The minimum Gasteiger partial charge on any atom is -0.369 e. The molecule has 0 radical (unpaired) electrons. The summed E-state index contributed by atoms with van der Waals surface area (Å²) in [6.07, 6.45) is 1.53. The first-order valence-corrected chi connectivity index (χ1v) is 9.31. The number of piperazine rings is 1. The van der Waals surface area contributed by atoms with Gasteiger partial charge in [-0.15, -0.1) is 0 Å². The van der Waals surface area contributed by atoms with Crippen LogP contribution in [0.4, 0.5) is 11.5 Å². The third-order valence-electron chi connectivity index (χ3n) is 5.14. The van der Waals surface area contributed by atoms with Crippen LogP contribution in [0.5, 0.6) is 0 Å². The largest absolute Gasteiger partial charge is 0.369 e. The van der Waals surface area contributed by atoms with E-state index in [9.17, 15) is 4.79 Å². The Morgan fingerprint density at radius 3 is 2.54 bits per heavy atom. The highest BCUT2D eigenvalue weighted by molar-refractivity contribution is 6.30. The fourth-order valence-corrected chi connectivity index (χ4v) is 3.39. The van der Waals surface area contributed by atoms with Crippen LogP contribution in [0.25, 0.3) is 0 Å². The maximum absolute atomic E-state index is 12.5. The van der Waals surface area contributed by atoms with Crippen molar-refractivity contribution in [3.63, 3.8) is 0 Å². The molecule has 1 saturated heterocycles. The summed E-state index contributed by atoms with van der Waals surface area (Å²) in [5.41, 5.74) is 3.95. The number of anilines is 2. The Kier molecular flexibility index (Phi) is 5.79. The molecule has 2 aromatic rings. The highest BCUT2D eigenvalue weighted by Gasteiger charge is 2.26. The number of pyridine rings is 1. The van der Waals surface area contributed by atoms with Crippen LogP contribution >= 0.6 is 11.6 Å². The Morgan fingerprint density at radius 2 is 1.88 bits per heavy atom. The molecule has 1 N–H and O–H groups in total. The molecule has 6 heteroatoms. The standard InChI is InChI=1S/C20H25ClN4O/c1-14-5-4-6-18(15(14)2)25-11-9-24(10-12-25)16(3)20(26)23-19-8-7-17(21)13-22-19/h4-8,13,16H,9-12H2,1-3H3,(H,22,23,26). The third-order valence-corrected chi connectivity index (χ3v) is 5.36. The Hall–Kier alpha value is -2.11. The van der Waals surface area contributed by atoms with Crippen LogP contribution in [0.2, 0.25) is 5.02 Å². The monoisotopic (exact) mass is 372 g/mol. The van der Waals surface area contributed by atoms with Gasteiger partial charge in [0.15, 0.2) is 0 Å². The number of halogens is 1. The smallest absolute Gasteiger partial charge is 0.242 e. The lowest BCUT2D eigenvalue weighted by Crippen LogP contribution is -2.53. The van der Waals surface area contributed by atoms with Crippen molar-refractivity contribution < 1.29 is 4.79 Å². The molecule has 0 aliphatic carbocycles. The van der Waals surface area contributed by atoms with Crippen molar-refractivity contribution in [2.24, 2.45) is 0 Å². The summed E-state index contributed by atoms with van der Waals surface area (Å²) < 4.78 is 0. The third kappa shape index (κ3) is 4.17. The quantitative estimate of drug-likeness (QED) is 0.892. The van der Waals surface area contributed by atoms with E-state index in [1.807, 2.05) is 6.92 Å². The first kappa shape index (κ1) is 18.7. The van der Waals surface area contributed by atoms with Crippen LogP contribution < -0.4 is 10.2 Å². The molecule has 0 saturated carbocycles. The normalized spacial score (nSPS) is 16.4. The minimum atomic E-state index is -0.201. The van der Waals surface area contributed by atoms with Crippen LogP contribution in [-0.2, 0) is 4.79 Å². The maximum Gasteiger partial charge on any atom is 0.242 e. The van der Waals surface area contributed by atoms with Crippen LogP contribution in [-0.4, -0.2) is 48.0 Å². The molecule has 1 fully saturated rings. The van der Waals surface area contributed by atoms with Gasteiger partial charge in [-0.05, 0) is 50.1 Å². The summed E-state index contributed by atoms with van der Waals surface area (Å²) in [7, 11) is 0. The summed E-state index contributed by atoms with van der Waals surface area (Å²) in [5, 5.41) is 3.42. The van der Waals surface area contributed by atoms with Gasteiger partial charge in [-0.25, -0.2) is 4.98 Å². The molecule has 5 nitrogen and oxygen atoms in total. The van der Waals surface area contributed by atoms with Crippen LogP contribution in [0.1, 0.15) is 18.1 Å². The number of amides is 1. The fourth-order valence-electron chi connectivity index (χ4n) is 3.27. The summed E-state index contributed by atoms with van der Waals surface area (Å²) >= 11 is 5.83. The number of hydrogen-bond acceptors (Lipinski definition) is 4. The lowest BCUT2D eigenvalue weighted by atomic mass is 10.1. The van der Waals surface area contributed by atoms with E-state index < -0.39 is 0 Å². The Bertz CT molecular complexity index is 770. The molecule has 1 aliphatic rings. The summed E-state index contributed by atoms with van der Waals surface area (Å²) in [4.78, 5) is 21.3. The van der Waals surface area contributed by atoms with E-state index in [0.717, 1.165) is 26.2 Å². The number of nitrogens with one attached hydrogen (secondary N) is 1. The second-order valence-electron chi connectivity index (χ2n) is 6.77. The lowest BCUT2D eigenvalue weighted by Gasteiger charge is -2.39. The maximum atomic E-state index is 12.5. The molecule has 1 aromatic heterocycles. The average molecular weight is 373 g/mol. The summed E-state index contributed by atoms with van der Waals surface area (Å²) in [6, 6.07) is 9.67. The molecular weight excluding hydrogens is 348 g/mol. The van der Waals surface area contributed by atoms with Crippen molar-refractivity contribution in [1.82, 2.24) is 9.88 Å². The van der Waals surface area contributed by atoms with E-state index in [1.54, 1.807) is 12.1 Å². The van der Waals surface area contributed by atoms with Crippen LogP contribution in [0.3, 0.4) is 0 Å². The summed E-state index contributed by atoms with van der Waals surface area (Å²) in [5.74, 6) is 0.486. The Labute approximate surface area is 160 Å². The number of aromatic nitrogens is 1. The molecule has 0 bridgehead atoms. The van der Waals surface area contributed by atoms with Crippen molar-refractivity contribution in [2.45, 2.75) is 26.8 Å². The number of carbonyl (C=O) groups is 1. The van der Waals surface area contributed by atoms with Crippen molar-refractivity contribution in [3.8, 4) is 0 Å². The SMILES string of the molecule is Cc1cccc(N2CCN(C(C)C(=O)Nc3ccc(Cl)cn3)CC2)c1C. The number of hydrogen-bond donors (Lipinski definition) is 1. The lowest BCUT2D eigenvalue weighted by molar-refractivity contribution is -0.120. The van der Waals surface area contributed by atoms with E-state index in [0.29, 0.717) is 10.8 Å². The average Bonchev–Trinajstić information content (AvgIpc) is 2.65. The number of rotatable bonds is 4. The Morgan fingerprint density at radius 1 is 1.15 bits per heavy atom. The van der Waals surface area contributed by atoms with Gasteiger partial charge in [0.2, 0.25) is 5.91 Å². The first-order chi connectivity index (χ1) is 12.5. The van der Waals surface area contributed by atoms with Crippen LogP contribution in [0.15, 0.2) is 36.5 Å². The van der Waals surface area contributed by atoms with E-state index in [4.69, 9.17) is 11.6 Å². The molecule has 1 atom stereocenters. The predicted molar refractivity (Wildman–Crippen MR) is 107 cm³/mol. The van der Waals surface area contributed by atoms with Gasteiger partial charge in [0.25, 0.3) is 0 Å². The highest BCUT2D eigenvalue weighted by atomic mass is 35.5. The molecule has 3 rings (SSSR count). The van der Waals surface area contributed by atoms with Crippen molar-refractivity contribution >= 4 is 29.0 Å². The molecule has 1 aliphatic heterocycles. The van der Waals surface area contributed by atoms with Crippen LogP contribution in [0, 0.1) is 13.8 Å². The second kappa shape index (κ2) is 8.06. The van der Waals surface area contributed by atoms with E-state index in [-0.39, 0.29) is 11.9 Å². The van der Waals surface area contributed by atoms with Gasteiger partial charge in [-0.3, -0.25) is 9.69 Å². The fraction of sp³-hybridized carbons (Fsp3) is 0.400. The summed E-state index contributed by atoms with van der Waals surface area (Å²) in [6.45, 7) is 9.81. The minimum absolute atomic E-state index is 0.0417. The van der Waals surface area contributed by atoms with E-state index >= 15 is 0 Å². The zero-order valence-corrected chi connectivity index (χ0v) is 16.3. The van der Waals surface area contributed by atoms with Gasteiger partial charge in [0.1, 0.15) is 5.82 Å². The van der Waals surface area contributed by atoms with Gasteiger partial charge in [0, 0.05) is 38.1 Å². The first-order valence-electron chi connectivity index (χ1n) is 8.93. The molecular formula is C20H25ClN4O. The number of benzene rings is 1. The van der Waals surface area contributed by atoms with Gasteiger partial charge < -0.3 is 10.2 Å². The molecule has 1 amide bonds.